The zero-order valence-corrected chi connectivity index (χ0v) is 24.7. The van der Waals surface area contributed by atoms with Crippen LogP contribution in [-0.2, 0) is 14.6 Å². The van der Waals surface area contributed by atoms with Crippen LogP contribution in [0.1, 0.15) is 44.0 Å². The number of amides is 4. The second-order valence-electron chi connectivity index (χ2n) is 10.3. The van der Waals surface area contributed by atoms with E-state index in [1.165, 1.54) is 24.3 Å². The molecule has 4 amide bonds. The summed E-state index contributed by atoms with van der Waals surface area (Å²) in [7, 11) is -3.39. The summed E-state index contributed by atoms with van der Waals surface area (Å²) in [6.45, 7) is 6.40. The van der Waals surface area contributed by atoms with Crippen LogP contribution >= 0.6 is 22.9 Å². The Morgan fingerprint density at radius 1 is 1.10 bits per heavy atom. The van der Waals surface area contributed by atoms with E-state index in [0.29, 0.717) is 41.9 Å². The van der Waals surface area contributed by atoms with Gasteiger partial charge in [0.2, 0.25) is 0 Å². The Balaban J connectivity index is 1.35. The van der Waals surface area contributed by atoms with E-state index in [1.54, 1.807) is 17.0 Å². The number of nitrogens with zero attached hydrogens (tertiary/aromatic N) is 2. The molecule has 0 saturated carbocycles. The maximum absolute atomic E-state index is 12.8. The van der Waals surface area contributed by atoms with Gasteiger partial charge in [0.1, 0.15) is 17.5 Å². The first-order valence-electron chi connectivity index (χ1n) is 12.3. The number of aromatic nitrogens is 1. The lowest BCUT2D eigenvalue weighted by atomic mass is 10.1. The van der Waals surface area contributed by atoms with E-state index in [9.17, 15) is 22.8 Å². The number of anilines is 1. The van der Waals surface area contributed by atoms with Crippen LogP contribution in [-0.4, -0.2) is 67.4 Å². The number of nitrogens with one attached hydrogen (secondary N) is 2. The number of halogens is 1. The van der Waals surface area contributed by atoms with Crippen LogP contribution in [0.5, 0.6) is 5.75 Å². The zero-order chi connectivity index (χ0) is 29.2. The number of piperidine rings is 1. The maximum Gasteiger partial charge on any atom is 0.410 e. The van der Waals surface area contributed by atoms with Gasteiger partial charge in [0.15, 0.2) is 15.0 Å². The summed E-state index contributed by atoms with van der Waals surface area (Å²) in [6.07, 6.45) is 1.73. The molecule has 3 aromatic rings. The lowest BCUT2D eigenvalue weighted by Gasteiger charge is -2.33. The minimum atomic E-state index is -3.39. The Bertz CT molecular complexity index is 1560. The Morgan fingerprint density at radius 3 is 2.45 bits per heavy atom. The smallest absolute Gasteiger partial charge is 0.410 e. The third-order valence-corrected chi connectivity index (χ3v) is 8.19. The molecule has 2 heterocycles. The molecule has 0 aliphatic carbocycles. The minimum absolute atomic E-state index is 0.0441. The number of fused-ring (bicyclic) bond motifs is 1. The third kappa shape index (κ3) is 7.61. The van der Waals surface area contributed by atoms with Gasteiger partial charge in [-0.3, -0.25) is 15.4 Å². The van der Waals surface area contributed by atoms with Crippen LogP contribution in [0.4, 0.5) is 14.7 Å². The van der Waals surface area contributed by atoms with Gasteiger partial charge in [0, 0.05) is 32.2 Å². The predicted octanol–water partition coefficient (Wildman–Crippen LogP) is 5.09. The molecule has 0 radical (unpaired) electrons. The minimum Gasteiger partial charge on any atom is -0.490 e. The van der Waals surface area contributed by atoms with E-state index in [4.69, 9.17) is 21.1 Å². The first-order valence-corrected chi connectivity index (χ1v) is 15.4. The summed E-state index contributed by atoms with van der Waals surface area (Å²) in [5, 5.41) is 5.02. The summed E-state index contributed by atoms with van der Waals surface area (Å²) >= 11 is 7.29. The normalized spacial score (nSPS) is 14.6. The van der Waals surface area contributed by atoms with Gasteiger partial charge in [-0.15, -0.1) is 0 Å². The molecule has 14 heteroatoms. The Labute approximate surface area is 240 Å². The van der Waals surface area contributed by atoms with Gasteiger partial charge in [-0.05, 0) is 57.2 Å². The van der Waals surface area contributed by atoms with Crippen LogP contribution in [0.2, 0.25) is 5.02 Å². The predicted molar refractivity (Wildman–Crippen MR) is 152 cm³/mol. The molecule has 1 aliphatic heterocycles. The highest BCUT2D eigenvalue weighted by atomic mass is 35.5. The first kappa shape index (κ1) is 29.6. The molecule has 1 fully saturated rings. The lowest BCUT2D eigenvalue weighted by Crippen LogP contribution is -2.44. The Kier molecular flexibility index (Phi) is 8.57. The zero-order valence-electron chi connectivity index (χ0n) is 22.3. The fourth-order valence-corrected chi connectivity index (χ4v) is 5.74. The fraction of sp³-hybridized carbons (Fsp3) is 0.385. The van der Waals surface area contributed by atoms with Gasteiger partial charge >= 0.3 is 12.1 Å². The molecule has 214 valence electrons. The van der Waals surface area contributed by atoms with Crippen LogP contribution < -0.4 is 15.4 Å². The van der Waals surface area contributed by atoms with E-state index < -0.39 is 27.4 Å². The van der Waals surface area contributed by atoms with Crippen LogP contribution in [0.25, 0.3) is 10.2 Å². The third-order valence-electron chi connectivity index (χ3n) is 5.81. The van der Waals surface area contributed by atoms with Crippen molar-refractivity contribution in [3.63, 3.8) is 0 Å². The van der Waals surface area contributed by atoms with E-state index in [-0.39, 0.29) is 32.8 Å². The average molecular weight is 609 g/mol. The number of carbonyl (C=O) groups excluding carboxylic acids is 3. The van der Waals surface area contributed by atoms with Gasteiger partial charge in [-0.1, -0.05) is 22.9 Å². The number of ether oxygens (including phenoxy) is 2. The number of sulfone groups is 1. The first-order chi connectivity index (χ1) is 18.7. The number of rotatable bonds is 5. The van der Waals surface area contributed by atoms with Crippen molar-refractivity contribution in [3.8, 4) is 5.75 Å². The average Bonchev–Trinajstić information content (AvgIpc) is 3.25. The van der Waals surface area contributed by atoms with Crippen molar-refractivity contribution in [1.29, 1.82) is 0 Å². The van der Waals surface area contributed by atoms with Crippen molar-refractivity contribution < 1.29 is 32.3 Å². The van der Waals surface area contributed by atoms with Crippen molar-refractivity contribution in [3.05, 3.63) is 47.0 Å². The van der Waals surface area contributed by atoms with E-state index >= 15 is 0 Å². The lowest BCUT2D eigenvalue weighted by molar-refractivity contribution is 0.0126. The number of hydrogen-bond acceptors (Lipinski definition) is 9. The second-order valence-corrected chi connectivity index (χ2v) is 13.7. The number of hydrogen-bond donors (Lipinski definition) is 2. The topological polar surface area (TPSA) is 144 Å². The number of urea groups is 1. The molecule has 2 aromatic carbocycles. The summed E-state index contributed by atoms with van der Waals surface area (Å²) < 4.78 is 35.6. The number of benzene rings is 2. The molecule has 1 aromatic heterocycles. The molecule has 0 atom stereocenters. The quantitative estimate of drug-likeness (QED) is 0.407. The molecule has 2 N–H and O–H groups in total. The van der Waals surface area contributed by atoms with Gasteiger partial charge < -0.3 is 14.4 Å². The standard InChI is InChI=1S/C26H29ClN4O7S2/c1-26(2,3)38-25(34)31-11-9-15(10-12-31)37-16-5-7-19(27)18(13-16)22(32)29-23(33)30-24-28-20-8-6-17(40(4,35)36)14-21(20)39-24/h5-8,13-15H,9-12H2,1-4H3,(H2,28,29,30,32,33). The van der Waals surface area contributed by atoms with Crippen LogP contribution in [0, 0.1) is 0 Å². The van der Waals surface area contributed by atoms with Gasteiger partial charge in [0.05, 0.1) is 25.7 Å². The van der Waals surface area contributed by atoms with E-state index in [2.05, 4.69) is 15.6 Å². The van der Waals surface area contributed by atoms with Crippen molar-refractivity contribution in [1.82, 2.24) is 15.2 Å². The maximum atomic E-state index is 12.8. The summed E-state index contributed by atoms with van der Waals surface area (Å²) in [6, 6.07) is 8.22. The fourth-order valence-electron chi connectivity index (χ4n) is 3.91. The summed E-state index contributed by atoms with van der Waals surface area (Å²) in [5.74, 6) is -0.341. The molecule has 40 heavy (non-hydrogen) atoms. The highest BCUT2D eigenvalue weighted by Crippen LogP contribution is 2.29. The second kappa shape index (κ2) is 11.6. The SMILES string of the molecule is CC(C)(C)OC(=O)N1CCC(Oc2ccc(Cl)c(C(=O)NC(=O)Nc3nc4ccc(S(C)(=O)=O)cc4s3)c2)CC1. The van der Waals surface area contributed by atoms with Crippen molar-refractivity contribution in [2.24, 2.45) is 0 Å². The van der Waals surface area contributed by atoms with Crippen LogP contribution in [0.3, 0.4) is 0 Å². The molecule has 1 saturated heterocycles. The molecular formula is C26H29ClN4O7S2. The highest BCUT2D eigenvalue weighted by molar-refractivity contribution is 7.90. The molecule has 0 spiro atoms. The van der Waals surface area contributed by atoms with Crippen molar-refractivity contribution in [2.45, 2.75) is 50.2 Å². The number of likely N-dealkylation sites (tertiary alicyclic amines) is 1. The summed E-state index contributed by atoms with van der Waals surface area (Å²) in [4.78, 5) is 43.6. The van der Waals surface area contributed by atoms with Crippen LogP contribution in [0.15, 0.2) is 41.3 Å². The molecular weight excluding hydrogens is 580 g/mol. The molecule has 4 rings (SSSR count). The molecule has 11 nitrogen and oxygen atoms in total. The Morgan fingerprint density at radius 2 is 1.80 bits per heavy atom. The number of carbonyl (C=O) groups is 3. The van der Waals surface area contributed by atoms with Gasteiger partial charge in [-0.2, -0.15) is 0 Å². The molecule has 0 bridgehead atoms. The number of imide groups is 1. The largest absolute Gasteiger partial charge is 0.490 e. The van der Waals surface area contributed by atoms with Crippen molar-refractivity contribution >= 4 is 66.2 Å². The van der Waals surface area contributed by atoms with E-state index in [1.807, 2.05) is 20.8 Å². The number of thiazole rings is 1. The van der Waals surface area contributed by atoms with Crippen molar-refractivity contribution in [2.75, 3.05) is 24.7 Å². The molecule has 1 aliphatic rings. The Hall–Kier alpha value is -3.42. The molecule has 0 unspecified atom stereocenters. The highest BCUT2D eigenvalue weighted by Gasteiger charge is 2.28. The van der Waals surface area contributed by atoms with Gasteiger partial charge in [0.25, 0.3) is 5.91 Å². The van der Waals surface area contributed by atoms with Gasteiger partial charge in [-0.25, -0.2) is 23.0 Å². The summed E-state index contributed by atoms with van der Waals surface area (Å²) in [5.41, 5.74) is -0.0217. The monoisotopic (exact) mass is 608 g/mol. The van der Waals surface area contributed by atoms with E-state index in [0.717, 1.165) is 17.6 Å².